The zero-order chi connectivity index (χ0) is 24.6. The van der Waals surface area contributed by atoms with Crippen molar-refractivity contribution in [3.63, 3.8) is 0 Å². The first-order chi connectivity index (χ1) is 16.3. The predicted molar refractivity (Wildman–Crippen MR) is 128 cm³/mol. The van der Waals surface area contributed by atoms with Gasteiger partial charge in [-0.3, -0.25) is 9.59 Å². The van der Waals surface area contributed by atoms with Crippen LogP contribution in [0.15, 0.2) is 59.5 Å². The SMILES string of the molecule is CCCC(NC(=O)COC(=O)C1CCN(S(=O)(=O)c2ccc(OC)cc2)CC1)c1ccccc1. The van der Waals surface area contributed by atoms with Crippen molar-refractivity contribution < 1.29 is 27.5 Å². The molecular formula is C25H32N2O6S. The number of nitrogens with one attached hydrogen (secondary N) is 1. The fraction of sp³-hybridized carbons (Fsp3) is 0.440. The van der Waals surface area contributed by atoms with Crippen LogP contribution in [0.25, 0.3) is 0 Å². The lowest BCUT2D eigenvalue weighted by Gasteiger charge is -2.30. The summed E-state index contributed by atoms with van der Waals surface area (Å²) in [6.07, 6.45) is 2.37. The van der Waals surface area contributed by atoms with Crippen LogP contribution < -0.4 is 10.1 Å². The first kappa shape index (κ1) is 25.7. The van der Waals surface area contributed by atoms with Crippen molar-refractivity contribution in [2.24, 2.45) is 5.92 Å². The van der Waals surface area contributed by atoms with E-state index < -0.39 is 21.9 Å². The molecule has 1 N–H and O–H groups in total. The van der Waals surface area contributed by atoms with Crippen molar-refractivity contribution in [3.8, 4) is 5.75 Å². The molecule has 1 fully saturated rings. The maximum atomic E-state index is 12.9. The van der Waals surface area contributed by atoms with Gasteiger partial charge >= 0.3 is 5.97 Å². The molecule has 9 heteroatoms. The second kappa shape index (κ2) is 12.0. The number of rotatable bonds is 10. The highest BCUT2D eigenvalue weighted by atomic mass is 32.2. The third-order valence-corrected chi connectivity index (χ3v) is 7.86. The molecule has 34 heavy (non-hydrogen) atoms. The molecule has 1 aliphatic heterocycles. The molecule has 1 unspecified atom stereocenters. The first-order valence-corrected chi connectivity index (χ1v) is 12.9. The summed E-state index contributed by atoms with van der Waals surface area (Å²) in [5.74, 6) is -0.677. The van der Waals surface area contributed by atoms with E-state index in [1.165, 1.54) is 23.5 Å². The summed E-state index contributed by atoms with van der Waals surface area (Å²) in [5, 5.41) is 2.93. The molecule has 0 spiro atoms. The number of carbonyl (C=O) groups excluding carboxylic acids is 2. The fourth-order valence-corrected chi connectivity index (χ4v) is 5.49. The van der Waals surface area contributed by atoms with Gasteiger partial charge in [0.1, 0.15) is 5.75 Å². The van der Waals surface area contributed by atoms with Crippen LogP contribution in [0.1, 0.15) is 44.2 Å². The Kier molecular flexibility index (Phi) is 9.06. The quantitative estimate of drug-likeness (QED) is 0.515. The molecule has 184 valence electrons. The van der Waals surface area contributed by atoms with Crippen LogP contribution in [-0.4, -0.2) is 51.4 Å². The minimum Gasteiger partial charge on any atom is -0.497 e. The van der Waals surface area contributed by atoms with Gasteiger partial charge < -0.3 is 14.8 Å². The highest BCUT2D eigenvalue weighted by Crippen LogP contribution is 2.26. The van der Waals surface area contributed by atoms with Crippen LogP contribution in [0.5, 0.6) is 5.75 Å². The van der Waals surface area contributed by atoms with Gasteiger partial charge in [0.25, 0.3) is 5.91 Å². The topological polar surface area (TPSA) is 102 Å². The highest BCUT2D eigenvalue weighted by Gasteiger charge is 2.33. The summed E-state index contributed by atoms with van der Waals surface area (Å²) in [6, 6.07) is 15.8. The molecule has 1 amide bonds. The van der Waals surface area contributed by atoms with E-state index in [1.807, 2.05) is 37.3 Å². The summed E-state index contributed by atoms with van der Waals surface area (Å²) in [5.41, 5.74) is 1.01. The summed E-state index contributed by atoms with van der Waals surface area (Å²) in [6.45, 7) is 2.12. The summed E-state index contributed by atoms with van der Waals surface area (Å²) in [7, 11) is -2.13. The smallest absolute Gasteiger partial charge is 0.309 e. The zero-order valence-corrected chi connectivity index (χ0v) is 20.4. The first-order valence-electron chi connectivity index (χ1n) is 11.5. The van der Waals surface area contributed by atoms with Crippen molar-refractivity contribution >= 4 is 21.9 Å². The largest absolute Gasteiger partial charge is 0.497 e. The number of nitrogens with zero attached hydrogens (tertiary/aromatic N) is 1. The number of ether oxygens (including phenoxy) is 2. The van der Waals surface area contributed by atoms with E-state index >= 15 is 0 Å². The second-order valence-electron chi connectivity index (χ2n) is 8.28. The van der Waals surface area contributed by atoms with Crippen molar-refractivity contribution in [3.05, 3.63) is 60.2 Å². The Morgan fingerprint density at radius 2 is 1.71 bits per heavy atom. The highest BCUT2D eigenvalue weighted by molar-refractivity contribution is 7.89. The van der Waals surface area contributed by atoms with E-state index in [0.29, 0.717) is 18.6 Å². The van der Waals surface area contributed by atoms with Gasteiger partial charge in [-0.25, -0.2) is 8.42 Å². The Balaban J connectivity index is 1.48. The van der Waals surface area contributed by atoms with Gasteiger partial charge in [-0.15, -0.1) is 0 Å². The van der Waals surface area contributed by atoms with Crippen molar-refractivity contribution in [1.29, 1.82) is 0 Å². The van der Waals surface area contributed by atoms with Gasteiger partial charge in [-0.1, -0.05) is 43.7 Å². The predicted octanol–water partition coefficient (Wildman–Crippen LogP) is 3.30. The molecule has 0 bridgehead atoms. The van der Waals surface area contributed by atoms with Crippen molar-refractivity contribution in [2.45, 2.75) is 43.5 Å². The summed E-state index contributed by atoms with van der Waals surface area (Å²) >= 11 is 0. The average Bonchev–Trinajstić information content (AvgIpc) is 2.87. The van der Waals surface area contributed by atoms with Crippen LogP contribution in [0.4, 0.5) is 0 Å². The number of piperidine rings is 1. The van der Waals surface area contributed by atoms with E-state index in [-0.39, 0.29) is 36.5 Å². The molecule has 1 atom stereocenters. The van der Waals surface area contributed by atoms with E-state index in [1.54, 1.807) is 12.1 Å². The standard InChI is InChI=1S/C25H32N2O6S/c1-3-7-23(19-8-5-4-6-9-19)26-24(28)18-33-25(29)20-14-16-27(17-15-20)34(30,31)22-12-10-21(32-2)11-13-22/h4-6,8-13,20,23H,3,7,14-18H2,1-2H3,(H,26,28). The summed E-state index contributed by atoms with van der Waals surface area (Å²) in [4.78, 5) is 25.1. The molecule has 0 aliphatic carbocycles. The van der Waals surface area contributed by atoms with E-state index in [4.69, 9.17) is 9.47 Å². The fourth-order valence-electron chi connectivity index (χ4n) is 4.02. The van der Waals surface area contributed by atoms with Gasteiger partial charge in [0, 0.05) is 13.1 Å². The van der Waals surface area contributed by atoms with Gasteiger partial charge in [-0.2, -0.15) is 4.31 Å². The molecule has 3 rings (SSSR count). The van der Waals surface area contributed by atoms with Crippen molar-refractivity contribution in [1.82, 2.24) is 9.62 Å². The van der Waals surface area contributed by atoms with Gasteiger partial charge in [0.2, 0.25) is 10.0 Å². The van der Waals surface area contributed by atoms with Crippen molar-refractivity contribution in [2.75, 3.05) is 26.8 Å². The molecule has 2 aromatic carbocycles. The van der Waals surface area contributed by atoms with E-state index in [9.17, 15) is 18.0 Å². The minimum atomic E-state index is -3.65. The number of hydrogen-bond acceptors (Lipinski definition) is 6. The number of benzene rings is 2. The number of methoxy groups -OCH3 is 1. The van der Waals surface area contributed by atoms with Crippen LogP contribution in [0, 0.1) is 5.92 Å². The molecule has 0 radical (unpaired) electrons. The van der Waals surface area contributed by atoms with Crippen LogP contribution in [0.3, 0.4) is 0 Å². The Morgan fingerprint density at radius 1 is 1.06 bits per heavy atom. The Labute approximate surface area is 201 Å². The number of esters is 1. The average molecular weight is 489 g/mol. The lowest BCUT2D eigenvalue weighted by atomic mass is 9.98. The van der Waals surface area contributed by atoms with Gasteiger partial charge in [-0.05, 0) is 49.1 Å². The normalized spacial score (nSPS) is 15.9. The number of amides is 1. The molecule has 0 saturated carbocycles. The van der Waals surface area contributed by atoms with E-state index in [2.05, 4.69) is 5.32 Å². The number of carbonyl (C=O) groups is 2. The second-order valence-corrected chi connectivity index (χ2v) is 10.2. The Hall–Kier alpha value is -2.91. The molecule has 1 aliphatic rings. The molecule has 1 saturated heterocycles. The molecular weight excluding hydrogens is 456 g/mol. The monoisotopic (exact) mass is 488 g/mol. The zero-order valence-electron chi connectivity index (χ0n) is 19.6. The molecule has 0 aromatic heterocycles. The lowest BCUT2D eigenvalue weighted by Crippen LogP contribution is -2.41. The van der Waals surface area contributed by atoms with Crippen LogP contribution in [0.2, 0.25) is 0 Å². The van der Waals surface area contributed by atoms with Crippen LogP contribution in [-0.2, 0) is 24.3 Å². The maximum Gasteiger partial charge on any atom is 0.309 e. The Morgan fingerprint density at radius 3 is 2.29 bits per heavy atom. The minimum absolute atomic E-state index is 0.135. The number of sulfonamides is 1. The van der Waals surface area contributed by atoms with Gasteiger partial charge in [0.15, 0.2) is 6.61 Å². The van der Waals surface area contributed by atoms with Gasteiger partial charge in [0.05, 0.1) is 24.0 Å². The van der Waals surface area contributed by atoms with Crippen LogP contribution >= 0.6 is 0 Å². The lowest BCUT2D eigenvalue weighted by molar-refractivity contribution is -0.153. The number of hydrogen-bond donors (Lipinski definition) is 1. The Bertz CT molecular complexity index is 1050. The maximum absolute atomic E-state index is 12.9. The van der Waals surface area contributed by atoms with E-state index in [0.717, 1.165) is 18.4 Å². The third-order valence-electron chi connectivity index (χ3n) is 5.94. The molecule has 2 aromatic rings. The molecule has 1 heterocycles. The molecule has 8 nitrogen and oxygen atoms in total. The summed E-state index contributed by atoms with van der Waals surface area (Å²) < 4.78 is 37.4. The third kappa shape index (κ3) is 6.57.